The summed E-state index contributed by atoms with van der Waals surface area (Å²) in [7, 11) is 1.53. The van der Waals surface area contributed by atoms with E-state index in [9.17, 15) is 0 Å². The first-order chi connectivity index (χ1) is 6.92. The largest absolute Gasteiger partial charge is 0.495 e. The SMILES string of the molecule is COc1cc(C(C)(C)C#N)c(Cl)cc1Cl. The molecule has 0 saturated carbocycles. The topological polar surface area (TPSA) is 33.0 Å². The van der Waals surface area contributed by atoms with Crippen LogP contribution in [0.2, 0.25) is 10.0 Å². The predicted octanol–water partition coefficient (Wildman–Crippen LogP) is 3.80. The maximum absolute atomic E-state index is 9.02. The minimum atomic E-state index is -0.658. The van der Waals surface area contributed by atoms with E-state index in [4.69, 9.17) is 33.2 Å². The van der Waals surface area contributed by atoms with Gasteiger partial charge in [-0.1, -0.05) is 23.2 Å². The molecular formula is C11H11Cl2NO. The van der Waals surface area contributed by atoms with E-state index in [-0.39, 0.29) is 0 Å². The van der Waals surface area contributed by atoms with Crippen LogP contribution >= 0.6 is 23.2 Å². The highest BCUT2D eigenvalue weighted by Gasteiger charge is 2.24. The van der Waals surface area contributed by atoms with E-state index in [1.165, 1.54) is 7.11 Å². The van der Waals surface area contributed by atoms with Crippen molar-refractivity contribution in [2.75, 3.05) is 7.11 Å². The molecule has 80 valence electrons. The Morgan fingerprint density at radius 3 is 2.33 bits per heavy atom. The summed E-state index contributed by atoms with van der Waals surface area (Å²) in [5.41, 5.74) is 0.0579. The third-order valence-electron chi connectivity index (χ3n) is 2.19. The molecular weight excluding hydrogens is 233 g/mol. The van der Waals surface area contributed by atoms with Crippen molar-refractivity contribution in [3.8, 4) is 11.8 Å². The van der Waals surface area contributed by atoms with E-state index in [0.717, 1.165) is 0 Å². The molecule has 4 heteroatoms. The van der Waals surface area contributed by atoms with Crippen LogP contribution in [0.4, 0.5) is 0 Å². The van der Waals surface area contributed by atoms with Crippen molar-refractivity contribution in [2.24, 2.45) is 0 Å². The zero-order valence-electron chi connectivity index (χ0n) is 8.77. The van der Waals surface area contributed by atoms with Gasteiger partial charge in [0, 0.05) is 5.02 Å². The molecule has 15 heavy (non-hydrogen) atoms. The Hall–Kier alpha value is -0.910. The third-order valence-corrected chi connectivity index (χ3v) is 2.80. The highest BCUT2D eigenvalue weighted by Crippen LogP contribution is 2.36. The van der Waals surface area contributed by atoms with Gasteiger partial charge in [0.25, 0.3) is 0 Å². The van der Waals surface area contributed by atoms with Gasteiger partial charge in [-0.15, -0.1) is 0 Å². The van der Waals surface area contributed by atoms with Crippen LogP contribution in [-0.2, 0) is 5.41 Å². The Balaban J connectivity index is 3.38. The van der Waals surface area contributed by atoms with E-state index in [1.54, 1.807) is 26.0 Å². The van der Waals surface area contributed by atoms with Crippen molar-refractivity contribution < 1.29 is 4.74 Å². The number of nitrogens with zero attached hydrogens (tertiary/aromatic N) is 1. The van der Waals surface area contributed by atoms with Gasteiger partial charge < -0.3 is 4.74 Å². The number of rotatable bonds is 2. The van der Waals surface area contributed by atoms with Crippen molar-refractivity contribution in [3.63, 3.8) is 0 Å². The predicted molar refractivity (Wildman–Crippen MR) is 61.7 cm³/mol. The van der Waals surface area contributed by atoms with Crippen LogP contribution in [0.5, 0.6) is 5.75 Å². The first-order valence-corrected chi connectivity index (χ1v) is 5.12. The quantitative estimate of drug-likeness (QED) is 0.792. The summed E-state index contributed by atoms with van der Waals surface area (Å²) in [5.74, 6) is 0.527. The normalized spacial score (nSPS) is 10.9. The third kappa shape index (κ3) is 2.37. The van der Waals surface area contributed by atoms with Crippen LogP contribution in [0.15, 0.2) is 12.1 Å². The maximum atomic E-state index is 9.02. The molecule has 0 unspecified atom stereocenters. The Morgan fingerprint density at radius 2 is 1.87 bits per heavy atom. The Kier molecular flexibility index (Phi) is 3.49. The molecule has 1 aromatic rings. The number of methoxy groups -OCH3 is 1. The number of halogens is 2. The van der Waals surface area contributed by atoms with Crippen LogP contribution in [0.1, 0.15) is 19.4 Å². The van der Waals surface area contributed by atoms with E-state index in [1.807, 2.05) is 0 Å². The first kappa shape index (κ1) is 12.2. The molecule has 0 aliphatic carbocycles. The van der Waals surface area contributed by atoms with Crippen LogP contribution in [-0.4, -0.2) is 7.11 Å². The second kappa shape index (κ2) is 4.30. The van der Waals surface area contributed by atoms with Crippen LogP contribution in [0.25, 0.3) is 0 Å². The molecule has 0 fully saturated rings. The van der Waals surface area contributed by atoms with E-state index in [0.29, 0.717) is 21.4 Å². The summed E-state index contributed by atoms with van der Waals surface area (Å²) in [4.78, 5) is 0. The average Bonchev–Trinajstić information content (AvgIpc) is 2.17. The molecule has 0 N–H and O–H groups in total. The molecule has 1 rings (SSSR count). The van der Waals surface area contributed by atoms with Gasteiger partial charge in [-0.2, -0.15) is 5.26 Å². The number of nitriles is 1. The van der Waals surface area contributed by atoms with Gasteiger partial charge in [-0.05, 0) is 31.5 Å². The monoisotopic (exact) mass is 243 g/mol. The number of hydrogen-bond donors (Lipinski definition) is 0. The highest BCUT2D eigenvalue weighted by atomic mass is 35.5. The van der Waals surface area contributed by atoms with E-state index in [2.05, 4.69) is 6.07 Å². The number of benzene rings is 1. The molecule has 0 atom stereocenters. The Morgan fingerprint density at radius 1 is 1.27 bits per heavy atom. The van der Waals surface area contributed by atoms with E-state index < -0.39 is 5.41 Å². The van der Waals surface area contributed by atoms with Gasteiger partial charge >= 0.3 is 0 Å². The fraction of sp³-hybridized carbons (Fsp3) is 0.364. The van der Waals surface area contributed by atoms with Gasteiger partial charge in [-0.25, -0.2) is 0 Å². The second-order valence-electron chi connectivity index (χ2n) is 3.70. The van der Waals surface area contributed by atoms with Crippen LogP contribution in [0.3, 0.4) is 0 Å². The molecule has 0 heterocycles. The molecule has 0 radical (unpaired) electrons. The number of ether oxygens (including phenoxy) is 1. The van der Waals surface area contributed by atoms with Crippen molar-refractivity contribution in [2.45, 2.75) is 19.3 Å². The molecule has 0 saturated heterocycles. The minimum absolute atomic E-state index is 0.444. The highest BCUT2D eigenvalue weighted by molar-refractivity contribution is 6.36. The van der Waals surface area contributed by atoms with Crippen LogP contribution < -0.4 is 4.74 Å². The van der Waals surface area contributed by atoms with Gasteiger partial charge in [0.05, 0.1) is 23.6 Å². The molecule has 0 bridgehead atoms. The standard InChI is InChI=1S/C11H11Cl2NO/c1-11(2,6-14)7-4-10(15-3)9(13)5-8(7)12/h4-5H,1-3H3. The van der Waals surface area contributed by atoms with Gasteiger partial charge in [0.1, 0.15) is 5.75 Å². The zero-order chi connectivity index (χ0) is 11.6. The molecule has 0 aliphatic heterocycles. The van der Waals surface area contributed by atoms with Gasteiger partial charge in [0.2, 0.25) is 0 Å². The number of hydrogen-bond acceptors (Lipinski definition) is 2. The van der Waals surface area contributed by atoms with Gasteiger partial charge in [0.15, 0.2) is 0 Å². The fourth-order valence-corrected chi connectivity index (χ4v) is 1.92. The zero-order valence-corrected chi connectivity index (χ0v) is 10.3. The summed E-state index contributed by atoms with van der Waals surface area (Å²) in [6, 6.07) is 5.48. The van der Waals surface area contributed by atoms with Crippen molar-refractivity contribution in [1.29, 1.82) is 5.26 Å². The summed E-state index contributed by atoms with van der Waals surface area (Å²) < 4.78 is 5.08. The summed E-state index contributed by atoms with van der Waals surface area (Å²) in [5, 5.41) is 9.95. The lowest BCUT2D eigenvalue weighted by Gasteiger charge is -2.18. The Labute approximate surface area is 99.4 Å². The molecule has 0 aromatic heterocycles. The smallest absolute Gasteiger partial charge is 0.137 e. The second-order valence-corrected chi connectivity index (χ2v) is 4.52. The lowest BCUT2D eigenvalue weighted by atomic mass is 9.86. The lowest BCUT2D eigenvalue weighted by Crippen LogP contribution is -2.14. The van der Waals surface area contributed by atoms with Crippen molar-refractivity contribution in [1.82, 2.24) is 0 Å². The average molecular weight is 244 g/mol. The summed E-state index contributed by atoms with van der Waals surface area (Å²) >= 11 is 11.9. The molecule has 1 aromatic carbocycles. The van der Waals surface area contributed by atoms with E-state index >= 15 is 0 Å². The van der Waals surface area contributed by atoms with Gasteiger partial charge in [-0.3, -0.25) is 0 Å². The molecule has 0 spiro atoms. The molecule has 2 nitrogen and oxygen atoms in total. The maximum Gasteiger partial charge on any atom is 0.137 e. The molecule has 0 aliphatic rings. The van der Waals surface area contributed by atoms with Crippen molar-refractivity contribution >= 4 is 23.2 Å². The molecule has 0 amide bonds. The summed E-state index contributed by atoms with van der Waals surface area (Å²) in [6.45, 7) is 3.59. The minimum Gasteiger partial charge on any atom is -0.495 e. The fourth-order valence-electron chi connectivity index (χ4n) is 1.22. The first-order valence-electron chi connectivity index (χ1n) is 4.37. The summed E-state index contributed by atoms with van der Waals surface area (Å²) in [6.07, 6.45) is 0. The Bertz CT molecular complexity index is 421. The lowest BCUT2D eigenvalue weighted by molar-refractivity contribution is 0.413. The van der Waals surface area contributed by atoms with Crippen LogP contribution in [0, 0.1) is 11.3 Å². The van der Waals surface area contributed by atoms with Crippen molar-refractivity contribution in [3.05, 3.63) is 27.7 Å².